The zero-order valence-electron chi connectivity index (χ0n) is 10.7. The van der Waals surface area contributed by atoms with Gasteiger partial charge in [0.15, 0.2) is 0 Å². The van der Waals surface area contributed by atoms with Crippen molar-refractivity contribution in [3.8, 4) is 5.75 Å². The van der Waals surface area contributed by atoms with E-state index >= 15 is 0 Å². The summed E-state index contributed by atoms with van der Waals surface area (Å²) in [6.45, 7) is -1.20. The largest absolute Gasteiger partial charge is 0.435 e. The Morgan fingerprint density at radius 2 is 2.00 bits per heavy atom. The second-order valence-corrected chi connectivity index (χ2v) is 4.99. The Kier molecular flexibility index (Phi) is 5.10. The van der Waals surface area contributed by atoms with Crippen LogP contribution >= 0.6 is 0 Å². The number of aliphatic hydroxyl groups is 1. The normalized spacial score (nSPS) is 22.9. The summed E-state index contributed by atoms with van der Waals surface area (Å²) in [4.78, 5) is 0. The van der Waals surface area contributed by atoms with Crippen molar-refractivity contribution in [2.24, 2.45) is 5.92 Å². The topological polar surface area (TPSA) is 41.5 Å². The molecular weight excluding hydrogens is 252 g/mol. The minimum absolute atomic E-state index is 0.141. The van der Waals surface area contributed by atoms with Crippen LogP contribution < -0.4 is 10.1 Å². The van der Waals surface area contributed by atoms with Crippen molar-refractivity contribution < 1.29 is 18.6 Å². The first kappa shape index (κ1) is 14.2. The zero-order chi connectivity index (χ0) is 13.7. The molecule has 0 radical (unpaired) electrons. The van der Waals surface area contributed by atoms with Crippen LogP contribution in [-0.4, -0.2) is 24.4 Å². The summed E-state index contributed by atoms with van der Waals surface area (Å²) in [6.07, 6.45) is 2.69. The minimum Gasteiger partial charge on any atom is -0.435 e. The number of halogens is 2. The van der Waals surface area contributed by atoms with Crippen molar-refractivity contribution >= 4 is 0 Å². The van der Waals surface area contributed by atoms with Gasteiger partial charge in [-0.15, -0.1) is 0 Å². The summed E-state index contributed by atoms with van der Waals surface area (Å²) in [7, 11) is 0. The Balaban J connectivity index is 1.71. The summed E-state index contributed by atoms with van der Waals surface area (Å²) >= 11 is 0. The highest BCUT2D eigenvalue weighted by Gasteiger charge is 2.21. The molecule has 5 heteroatoms. The second kappa shape index (κ2) is 6.82. The molecule has 1 aliphatic rings. The molecular formula is C14H19F2NO2. The molecule has 2 atom stereocenters. The SMILES string of the molecule is OC1CCC(CNCc2ccc(OC(F)F)cc2)C1. The molecule has 2 rings (SSSR count). The molecule has 1 fully saturated rings. The van der Waals surface area contributed by atoms with Crippen molar-refractivity contribution in [3.05, 3.63) is 29.8 Å². The molecule has 2 unspecified atom stereocenters. The summed E-state index contributed by atoms with van der Waals surface area (Å²) in [5.74, 6) is 0.717. The molecule has 1 aromatic rings. The highest BCUT2D eigenvalue weighted by molar-refractivity contribution is 5.27. The lowest BCUT2D eigenvalue weighted by molar-refractivity contribution is -0.0498. The van der Waals surface area contributed by atoms with E-state index in [2.05, 4.69) is 10.1 Å². The van der Waals surface area contributed by atoms with Gasteiger partial charge >= 0.3 is 6.61 Å². The van der Waals surface area contributed by atoms with Crippen LogP contribution in [0.15, 0.2) is 24.3 Å². The lowest BCUT2D eigenvalue weighted by Crippen LogP contribution is -2.21. The summed E-state index contributed by atoms with van der Waals surface area (Å²) in [5, 5.41) is 12.7. The standard InChI is InChI=1S/C14H19F2NO2/c15-14(16)19-13-5-2-10(3-6-13)8-17-9-11-1-4-12(18)7-11/h2-3,5-6,11-12,14,17-18H,1,4,7-9H2. The van der Waals surface area contributed by atoms with Crippen molar-refractivity contribution in [2.75, 3.05) is 6.54 Å². The van der Waals surface area contributed by atoms with E-state index in [1.54, 1.807) is 24.3 Å². The number of nitrogens with one attached hydrogen (secondary N) is 1. The van der Waals surface area contributed by atoms with Gasteiger partial charge in [0.1, 0.15) is 5.75 Å². The number of hydrogen-bond acceptors (Lipinski definition) is 3. The van der Waals surface area contributed by atoms with Crippen molar-refractivity contribution in [1.29, 1.82) is 0 Å². The first-order valence-corrected chi connectivity index (χ1v) is 6.56. The third-order valence-electron chi connectivity index (χ3n) is 3.42. The predicted octanol–water partition coefficient (Wildman–Crippen LogP) is 2.54. The molecule has 2 N–H and O–H groups in total. The van der Waals surface area contributed by atoms with Crippen molar-refractivity contribution in [3.63, 3.8) is 0 Å². The molecule has 1 aliphatic carbocycles. The molecule has 3 nitrogen and oxygen atoms in total. The Bertz CT molecular complexity index is 384. The van der Waals surface area contributed by atoms with Crippen LogP contribution in [0.5, 0.6) is 5.75 Å². The van der Waals surface area contributed by atoms with Gasteiger partial charge in [0.25, 0.3) is 0 Å². The summed E-state index contributed by atoms with van der Waals surface area (Å²) in [6, 6.07) is 6.63. The second-order valence-electron chi connectivity index (χ2n) is 4.99. The van der Waals surface area contributed by atoms with E-state index in [1.165, 1.54) is 0 Å². The van der Waals surface area contributed by atoms with E-state index in [9.17, 15) is 13.9 Å². The average Bonchev–Trinajstić information content (AvgIpc) is 2.77. The minimum atomic E-state index is -2.78. The van der Waals surface area contributed by atoms with Crippen LogP contribution in [0.1, 0.15) is 24.8 Å². The van der Waals surface area contributed by atoms with Gasteiger partial charge in [-0.25, -0.2) is 0 Å². The fraction of sp³-hybridized carbons (Fsp3) is 0.571. The molecule has 0 bridgehead atoms. The Hall–Kier alpha value is -1.20. The number of ether oxygens (including phenoxy) is 1. The maximum absolute atomic E-state index is 12.0. The van der Waals surface area contributed by atoms with E-state index in [-0.39, 0.29) is 11.9 Å². The van der Waals surface area contributed by atoms with Gasteiger partial charge < -0.3 is 15.2 Å². The fourth-order valence-corrected chi connectivity index (χ4v) is 2.44. The summed E-state index contributed by atoms with van der Waals surface area (Å²) < 4.78 is 28.2. The van der Waals surface area contributed by atoms with E-state index in [4.69, 9.17) is 0 Å². The van der Waals surface area contributed by atoms with Crippen LogP contribution in [0.2, 0.25) is 0 Å². The molecule has 0 heterocycles. The van der Waals surface area contributed by atoms with E-state index < -0.39 is 6.61 Å². The van der Waals surface area contributed by atoms with Crippen LogP contribution in [-0.2, 0) is 6.54 Å². The Morgan fingerprint density at radius 3 is 2.58 bits per heavy atom. The maximum atomic E-state index is 12.0. The molecule has 0 aliphatic heterocycles. The summed E-state index contributed by atoms with van der Waals surface area (Å²) in [5.41, 5.74) is 1.03. The number of rotatable bonds is 6. The van der Waals surface area contributed by atoms with Gasteiger partial charge in [-0.1, -0.05) is 12.1 Å². The zero-order valence-corrected chi connectivity index (χ0v) is 10.7. The molecule has 1 saturated carbocycles. The van der Waals surface area contributed by atoms with Crippen LogP contribution in [0.25, 0.3) is 0 Å². The molecule has 0 amide bonds. The number of hydrogen-bond donors (Lipinski definition) is 2. The van der Waals surface area contributed by atoms with Crippen LogP contribution in [0, 0.1) is 5.92 Å². The Labute approximate surface area is 111 Å². The highest BCUT2D eigenvalue weighted by atomic mass is 19.3. The van der Waals surface area contributed by atoms with Gasteiger partial charge in [-0.05, 0) is 49.4 Å². The third-order valence-corrected chi connectivity index (χ3v) is 3.42. The van der Waals surface area contributed by atoms with Crippen molar-refractivity contribution in [1.82, 2.24) is 5.32 Å². The number of aliphatic hydroxyl groups excluding tert-OH is 1. The van der Waals surface area contributed by atoms with Gasteiger partial charge in [-0.2, -0.15) is 8.78 Å². The fourth-order valence-electron chi connectivity index (χ4n) is 2.44. The van der Waals surface area contributed by atoms with Crippen LogP contribution in [0.4, 0.5) is 8.78 Å². The average molecular weight is 271 g/mol. The maximum Gasteiger partial charge on any atom is 0.387 e. The lowest BCUT2D eigenvalue weighted by atomic mass is 10.1. The highest BCUT2D eigenvalue weighted by Crippen LogP contribution is 2.24. The number of benzene rings is 1. The Morgan fingerprint density at radius 1 is 1.26 bits per heavy atom. The van der Waals surface area contributed by atoms with Gasteiger partial charge in [0.05, 0.1) is 6.10 Å². The third kappa shape index (κ3) is 4.76. The van der Waals surface area contributed by atoms with Crippen molar-refractivity contribution in [2.45, 2.75) is 38.5 Å². The smallest absolute Gasteiger partial charge is 0.387 e. The molecule has 19 heavy (non-hydrogen) atoms. The first-order valence-electron chi connectivity index (χ1n) is 6.56. The van der Waals surface area contributed by atoms with E-state index in [1.807, 2.05) is 0 Å². The number of alkyl halides is 2. The van der Waals surface area contributed by atoms with Gasteiger partial charge in [0.2, 0.25) is 0 Å². The molecule has 1 aromatic carbocycles. The molecule has 0 spiro atoms. The van der Waals surface area contributed by atoms with E-state index in [0.717, 1.165) is 31.4 Å². The monoisotopic (exact) mass is 271 g/mol. The van der Waals surface area contributed by atoms with E-state index in [0.29, 0.717) is 12.5 Å². The molecule has 106 valence electrons. The predicted molar refractivity (Wildman–Crippen MR) is 68.1 cm³/mol. The van der Waals surface area contributed by atoms with Crippen LogP contribution in [0.3, 0.4) is 0 Å². The first-order chi connectivity index (χ1) is 9.13. The molecule has 0 aromatic heterocycles. The quantitative estimate of drug-likeness (QED) is 0.835. The van der Waals surface area contributed by atoms with Gasteiger partial charge in [-0.3, -0.25) is 0 Å². The van der Waals surface area contributed by atoms with Gasteiger partial charge in [0, 0.05) is 6.54 Å². The lowest BCUT2D eigenvalue weighted by Gasteiger charge is -2.11. The molecule has 0 saturated heterocycles.